The van der Waals surface area contributed by atoms with Crippen LogP contribution in [0, 0.1) is 0 Å². The molecule has 2 aromatic carbocycles. The average molecular weight is 359 g/mol. The van der Waals surface area contributed by atoms with Gasteiger partial charge in [-0.05, 0) is 43.4 Å². The first-order chi connectivity index (χ1) is 13.1. The lowest BCUT2D eigenvalue weighted by Gasteiger charge is -2.28. The summed E-state index contributed by atoms with van der Waals surface area (Å²) in [5, 5.41) is 0. The van der Waals surface area contributed by atoms with Crippen LogP contribution in [0.15, 0.2) is 84.1 Å². The zero-order valence-corrected chi connectivity index (χ0v) is 15.8. The molecule has 0 saturated carbocycles. The summed E-state index contributed by atoms with van der Waals surface area (Å²) in [6, 6.07) is 20.5. The van der Waals surface area contributed by atoms with Crippen molar-refractivity contribution in [1.29, 1.82) is 0 Å². The number of cyclic esters (lactones) is 1. The van der Waals surface area contributed by atoms with Crippen molar-refractivity contribution in [1.82, 2.24) is 4.90 Å². The van der Waals surface area contributed by atoms with Crippen LogP contribution in [-0.4, -0.2) is 17.0 Å². The van der Waals surface area contributed by atoms with E-state index in [1.807, 2.05) is 42.6 Å². The Labute approximate surface area is 161 Å². The predicted molar refractivity (Wildman–Crippen MR) is 107 cm³/mol. The highest BCUT2D eigenvalue weighted by molar-refractivity contribution is 5.72. The van der Waals surface area contributed by atoms with Gasteiger partial charge in [0.15, 0.2) is 0 Å². The summed E-state index contributed by atoms with van der Waals surface area (Å²) in [5.41, 5.74) is 4.94. The van der Waals surface area contributed by atoms with Crippen molar-refractivity contribution < 1.29 is 9.53 Å². The number of hydrogen-bond donors (Lipinski definition) is 0. The average Bonchev–Trinajstić information content (AvgIpc) is 2.98. The summed E-state index contributed by atoms with van der Waals surface area (Å²) in [4.78, 5) is 14.4. The van der Waals surface area contributed by atoms with E-state index in [0.717, 1.165) is 18.4 Å². The van der Waals surface area contributed by atoms with Gasteiger partial charge in [0.25, 0.3) is 0 Å². The maximum Gasteiger partial charge on any atom is 0.414 e. The second-order valence-electron chi connectivity index (χ2n) is 7.40. The van der Waals surface area contributed by atoms with Crippen LogP contribution in [-0.2, 0) is 4.74 Å². The molecular weight excluding hydrogens is 334 g/mol. The zero-order valence-electron chi connectivity index (χ0n) is 15.8. The number of amides is 1. The van der Waals surface area contributed by atoms with Crippen molar-refractivity contribution in [2.24, 2.45) is 0 Å². The third-order valence-electron chi connectivity index (χ3n) is 5.61. The Bertz CT molecular complexity index is 870. The van der Waals surface area contributed by atoms with E-state index in [-0.39, 0.29) is 24.2 Å². The molecule has 1 fully saturated rings. The van der Waals surface area contributed by atoms with E-state index in [0.29, 0.717) is 0 Å². The topological polar surface area (TPSA) is 29.5 Å². The van der Waals surface area contributed by atoms with Crippen LogP contribution in [0.2, 0.25) is 0 Å². The van der Waals surface area contributed by atoms with Gasteiger partial charge >= 0.3 is 6.09 Å². The Balaban J connectivity index is 1.65. The van der Waals surface area contributed by atoms with Crippen molar-refractivity contribution >= 4 is 6.09 Å². The number of rotatable bonds is 3. The quantitative estimate of drug-likeness (QED) is 0.631. The van der Waals surface area contributed by atoms with Crippen molar-refractivity contribution in [2.75, 3.05) is 0 Å². The monoisotopic (exact) mass is 359 g/mol. The first kappa shape index (κ1) is 17.6. The molecule has 1 saturated heterocycles. The summed E-state index contributed by atoms with van der Waals surface area (Å²) >= 11 is 0. The molecule has 3 heteroatoms. The van der Waals surface area contributed by atoms with E-state index < -0.39 is 0 Å². The van der Waals surface area contributed by atoms with Crippen LogP contribution >= 0.6 is 0 Å². The molecule has 0 bridgehead atoms. The fourth-order valence-corrected chi connectivity index (χ4v) is 4.20. The molecular formula is C24H25NO2. The lowest BCUT2D eigenvalue weighted by Crippen LogP contribution is -2.28. The van der Waals surface area contributed by atoms with Crippen LogP contribution < -0.4 is 0 Å². The van der Waals surface area contributed by atoms with Gasteiger partial charge in [0, 0.05) is 12.1 Å². The molecule has 1 amide bonds. The van der Waals surface area contributed by atoms with Crippen molar-refractivity contribution in [3.63, 3.8) is 0 Å². The van der Waals surface area contributed by atoms with Crippen LogP contribution in [0.3, 0.4) is 0 Å². The van der Waals surface area contributed by atoms with E-state index in [9.17, 15) is 4.79 Å². The number of benzene rings is 2. The van der Waals surface area contributed by atoms with E-state index in [2.05, 4.69) is 44.2 Å². The highest BCUT2D eigenvalue weighted by Crippen LogP contribution is 2.40. The second-order valence-corrected chi connectivity index (χ2v) is 7.40. The molecule has 138 valence electrons. The number of carbonyl (C=O) groups is 1. The molecule has 3 nitrogen and oxygen atoms in total. The number of hydrogen-bond acceptors (Lipinski definition) is 2. The molecule has 2 aromatic rings. The third kappa shape index (κ3) is 3.42. The van der Waals surface area contributed by atoms with Crippen LogP contribution in [0.4, 0.5) is 4.79 Å². The smallest absolute Gasteiger partial charge is 0.414 e. The highest BCUT2D eigenvalue weighted by atomic mass is 16.6. The highest BCUT2D eigenvalue weighted by Gasteiger charge is 2.39. The summed E-state index contributed by atoms with van der Waals surface area (Å²) in [6.07, 6.45) is 5.84. The molecule has 0 aromatic heterocycles. The molecule has 27 heavy (non-hydrogen) atoms. The summed E-state index contributed by atoms with van der Waals surface area (Å²) in [5.74, 6) is 0.232. The van der Waals surface area contributed by atoms with Crippen molar-refractivity contribution in [2.45, 2.75) is 44.8 Å². The fourth-order valence-electron chi connectivity index (χ4n) is 4.20. The van der Waals surface area contributed by atoms with E-state index in [1.165, 1.54) is 16.7 Å². The third-order valence-corrected chi connectivity index (χ3v) is 5.61. The number of ether oxygens (including phenoxy) is 1. The molecule has 0 N–H and O–H groups in total. The van der Waals surface area contributed by atoms with Crippen molar-refractivity contribution in [3.8, 4) is 0 Å². The largest absolute Gasteiger partial charge is 0.439 e. The van der Waals surface area contributed by atoms with Gasteiger partial charge in [0.05, 0.1) is 6.04 Å². The molecule has 1 aliphatic carbocycles. The minimum absolute atomic E-state index is 0.0324. The lowest BCUT2D eigenvalue weighted by atomic mass is 9.79. The Hall–Kier alpha value is -2.81. The van der Waals surface area contributed by atoms with Gasteiger partial charge in [-0.15, -0.1) is 0 Å². The SMILES string of the molecule is CC1=CCC/C(=C/N2C(=O)O[C@@H](c3ccccc3)[C@H]2C)[C@@H]1c1ccccc1. The van der Waals surface area contributed by atoms with Gasteiger partial charge in [0.2, 0.25) is 0 Å². The Morgan fingerprint density at radius 2 is 1.63 bits per heavy atom. The number of carbonyl (C=O) groups excluding carboxylic acids is 1. The number of nitrogens with zero attached hydrogens (tertiary/aromatic N) is 1. The molecule has 0 spiro atoms. The maximum absolute atomic E-state index is 12.6. The van der Waals surface area contributed by atoms with Crippen LogP contribution in [0.1, 0.15) is 49.8 Å². The first-order valence-electron chi connectivity index (χ1n) is 9.61. The van der Waals surface area contributed by atoms with Crippen LogP contribution in [0.5, 0.6) is 0 Å². The standard InChI is InChI=1S/C24H25NO2/c1-17-10-9-15-21(22(17)19-11-5-3-6-12-19)16-25-18(2)23(27-24(25)26)20-13-7-4-8-14-20/h3-8,10-14,16,18,22-23H,9,15H2,1-2H3/b21-16-/t18-,22+,23-/m1/s1. The van der Waals surface area contributed by atoms with Gasteiger partial charge in [-0.2, -0.15) is 0 Å². The van der Waals surface area contributed by atoms with Crippen molar-refractivity contribution in [3.05, 3.63) is 95.2 Å². The Morgan fingerprint density at radius 1 is 1.00 bits per heavy atom. The van der Waals surface area contributed by atoms with Gasteiger partial charge in [-0.25, -0.2) is 4.79 Å². The summed E-state index contributed by atoms with van der Waals surface area (Å²) < 4.78 is 5.71. The van der Waals surface area contributed by atoms with Gasteiger partial charge in [-0.1, -0.05) is 72.3 Å². The van der Waals surface area contributed by atoms with Gasteiger partial charge in [0.1, 0.15) is 6.10 Å². The first-order valence-corrected chi connectivity index (χ1v) is 9.61. The summed E-state index contributed by atoms with van der Waals surface area (Å²) in [7, 11) is 0. The Kier molecular flexibility index (Phi) is 4.85. The molecule has 0 unspecified atom stereocenters. The summed E-state index contributed by atoms with van der Waals surface area (Å²) in [6.45, 7) is 4.24. The van der Waals surface area contributed by atoms with Gasteiger partial charge in [-0.3, -0.25) is 4.90 Å². The normalized spacial score (nSPS) is 26.8. The van der Waals surface area contributed by atoms with Gasteiger partial charge < -0.3 is 4.74 Å². The zero-order chi connectivity index (χ0) is 18.8. The molecule has 0 radical (unpaired) electrons. The van der Waals surface area contributed by atoms with Crippen LogP contribution in [0.25, 0.3) is 0 Å². The number of allylic oxidation sites excluding steroid dienone is 3. The maximum atomic E-state index is 12.6. The predicted octanol–water partition coefficient (Wildman–Crippen LogP) is 5.98. The lowest BCUT2D eigenvalue weighted by molar-refractivity contribution is 0.132. The minimum atomic E-state index is -0.261. The Morgan fingerprint density at radius 3 is 2.30 bits per heavy atom. The molecule has 3 atom stereocenters. The molecule has 4 rings (SSSR count). The van der Waals surface area contributed by atoms with E-state index in [4.69, 9.17) is 4.74 Å². The molecule has 1 aliphatic heterocycles. The van der Waals surface area contributed by atoms with E-state index >= 15 is 0 Å². The molecule has 2 aliphatic rings. The second kappa shape index (κ2) is 7.43. The van der Waals surface area contributed by atoms with E-state index in [1.54, 1.807) is 4.90 Å². The fraction of sp³-hybridized carbons (Fsp3) is 0.292. The molecule has 1 heterocycles. The minimum Gasteiger partial charge on any atom is -0.439 e.